The zero-order valence-electron chi connectivity index (χ0n) is 12.1. The second-order valence-corrected chi connectivity index (χ2v) is 8.00. The molecule has 0 saturated carbocycles. The van der Waals surface area contributed by atoms with Gasteiger partial charge in [-0.1, -0.05) is 22.6 Å². The first kappa shape index (κ1) is 17.2. The monoisotopic (exact) mass is 409 g/mol. The fraction of sp³-hybridized carbons (Fsp3) is 0.538. The highest BCUT2D eigenvalue weighted by Crippen LogP contribution is 2.18. The van der Waals surface area contributed by atoms with Gasteiger partial charge in [-0.05, 0) is 32.1 Å². The Labute approximate surface area is 139 Å². The van der Waals surface area contributed by atoms with Gasteiger partial charge in [-0.25, -0.2) is 0 Å². The first-order valence-electron chi connectivity index (χ1n) is 6.14. The van der Waals surface area contributed by atoms with Crippen LogP contribution in [0.5, 0.6) is 0 Å². The molecule has 1 atom stereocenters. The molecule has 20 heavy (non-hydrogen) atoms. The van der Waals surface area contributed by atoms with Crippen LogP contribution in [-0.4, -0.2) is 35.0 Å². The maximum Gasteiger partial charge on any atom is 0.187 e. The Kier molecular flexibility index (Phi) is 6.74. The molecule has 5 nitrogen and oxygen atoms in total. The molecule has 2 N–H and O–H groups in total. The van der Waals surface area contributed by atoms with Gasteiger partial charge in [0, 0.05) is 18.7 Å². The fourth-order valence-corrected chi connectivity index (χ4v) is 1.89. The first-order chi connectivity index (χ1) is 9.34. The van der Waals surface area contributed by atoms with Crippen LogP contribution in [0.2, 0.25) is 0 Å². The average molecular weight is 409 g/mol. The van der Waals surface area contributed by atoms with Crippen LogP contribution in [0.15, 0.2) is 28.8 Å². The van der Waals surface area contributed by atoms with Crippen molar-refractivity contribution in [3.8, 4) is 0 Å². The smallest absolute Gasteiger partial charge is 0.187 e. The molecule has 0 amide bonds. The van der Waals surface area contributed by atoms with Crippen molar-refractivity contribution in [1.29, 1.82) is 0 Å². The molecule has 0 radical (unpaired) electrons. The summed E-state index contributed by atoms with van der Waals surface area (Å²) in [5.74, 6) is 1.60. The predicted octanol–water partition coefficient (Wildman–Crippen LogP) is 2.48. The Bertz CT molecular complexity index is 441. The maximum absolute atomic E-state index is 5.27. The molecular formula is C13H20IN3O2S. The largest absolute Gasteiger partial charge is 0.501 e. The van der Waals surface area contributed by atoms with Crippen molar-refractivity contribution < 1.29 is 9.47 Å². The molecule has 0 bridgehead atoms. The molecule has 0 spiro atoms. The molecule has 0 aromatic carbocycles. The molecule has 7 heteroatoms. The van der Waals surface area contributed by atoms with Gasteiger partial charge in [-0.3, -0.25) is 5.43 Å². The van der Waals surface area contributed by atoms with Crippen molar-refractivity contribution >= 4 is 46.1 Å². The molecule has 0 aromatic rings. The van der Waals surface area contributed by atoms with Crippen LogP contribution in [0, 0.1) is 0 Å². The van der Waals surface area contributed by atoms with Crippen molar-refractivity contribution in [2.24, 2.45) is 5.10 Å². The summed E-state index contributed by atoms with van der Waals surface area (Å²) < 4.78 is 10.5. The van der Waals surface area contributed by atoms with Crippen LogP contribution < -0.4 is 10.7 Å². The van der Waals surface area contributed by atoms with E-state index in [-0.39, 0.29) is 9.46 Å². The van der Waals surface area contributed by atoms with Gasteiger partial charge >= 0.3 is 0 Å². The lowest BCUT2D eigenvalue weighted by Gasteiger charge is -2.22. The molecule has 0 aromatic heterocycles. The van der Waals surface area contributed by atoms with E-state index in [1.807, 2.05) is 12.2 Å². The molecule has 1 aliphatic rings. The van der Waals surface area contributed by atoms with Gasteiger partial charge in [0.2, 0.25) is 0 Å². The molecule has 112 valence electrons. The number of hydrogen-bond acceptors (Lipinski definition) is 4. The highest BCUT2D eigenvalue weighted by Gasteiger charge is 2.17. The van der Waals surface area contributed by atoms with Crippen LogP contribution in [0.25, 0.3) is 0 Å². The number of nitrogens with one attached hydrogen (secondary N) is 2. The lowest BCUT2D eigenvalue weighted by molar-refractivity contribution is 0.251. The van der Waals surface area contributed by atoms with E-state index in [0.717, 1.165) is 11.5 Å². The molecule has 0 aliphatic heterocycles. The van der Waals surface area contributed by atoms with E-state index >= 15 is 0 Å². The number of alkyl halides is 1. The molecule has 1 unspecified atom stereocenters. The van der Waals surface area contributed by atoms with Crippen LogP contribution in [0.1, 0.15) is 20.3 Å². The summed E-state index contributed by atoms with van der Waals surface area (Å²) in [7, 11) is 3.27. The van der Waals surface area contributed by atoms with Crippen LogP contribution in [-0.2, 0) is 9.47 Å². The second kappa shape index (κ2) is 7.82. The number of allylic oxidation sites excluding steroid dienone is 1. The standard InChI is InChI=1S/C13H20IN3O2S/c1-13(2,14)8-15-17-12(20)16-9-5-10(18-3)7-11(6-9)19-4/h5,7-9H,6H2,1-4H3,(H2,16,17,20)/b15-8+. The number of rotatable bonds is 5. The van der Waals surface area contributed by atoms with Gasteiger partial charge in [0.1, 0.15) is 11.5 Å². The number of nitrogens with zero attached hydrogens (tertiary/aromatic N) is 1. The Hall–Kier alpha value is -0.830. The second-order valence-electron chi connectivity index (χ2n) is 4.81. The summed E-state index contributed by atoms with van der Waals surface area (Å²) >= 11 is 7.50. The number of thiocarbonyl (C=S) groups is 1. The Morgan fingerprint density at radius 2 is 2.20 bits per heavy atom. The van der Waals surface area contributed by atoms with E-state index in [0.29, 0.717) is 11.5 Å². The lowest BCUT2D eigenvalue weighted by Crippen LogP contribution is -2.40. The summed E-state index contributed by atoms with van der Waals surface area (Å²) in [5, 5.41) is 7.73. The Morgan fingerprint density at radius 1 is 1.50 bits per heavy atom. The quantitative estimate of drug-likeness (QED) is 0.240. The normalized spacial score (nSPS) is 19.1. The van der Waals surface area contributed by atoms with Crippen molar-refractivity contribution in [1.82, 2.24) is 10.7 Å². The van der Waals surface area contributed by atoms with Crippen molar-refractivity contribution in [2.75, 3.05) is 14.2 Å². The lowest BCUT2D eigenvalue weighted by atomic mass is 10.1. The van der Waals surface area contributed by atoms with E-state index in [1.165, 1.54) is 0 Å². The number of halogens is 1. The van der Waals surface area contributed by atoms with E-state index in [2.05, 4.69) is 52.3 Å². The Balaban J connectivity index is 2.52. The van der Waals surface area contributed by atoms with E-state index in [1.54, 1.807) is 20.4 Å². The van der Waals surface area contributed by atoms with Gasteiger partial charge in [-0.15, -0.1) is 0 Å². The van der Waals surface area contributed by atoms with Gasteiger partial charge < -0.3 is 14.8 Å². The average Bonchev–Trinajstić information content (AvgIpc) is 2.36. The first-order valence-corrected chi connectivity index (χ1v) is 7.63. The summed E-state index contributed by atoms with van der Waals surface area (Å²) in [5.41, 5.74) is 2.81. The van der Waals surface area contributed by atoms with Gasteiger partial charge in [-0.2, -0.15) is 5.10 Å². The maximum atomic E-state index is 5.27. The molecule has 1 aliphatic carbocycles. The van der Waals surface area contributed by atoms with Gasteiger partial charge in [0.15, 0.2) is 5.11 Å². The minimum Gasteiger partial charge on any atom is -0.501 e. The van der Waals surface area contributed by atoms with E-state index in [4.69, 9.17) is 21.7 Å². The number of hydrogen-bond donors (Lipinski definition) is 2. The van der Waals surface area contributed by atoms with Crippen LogP contribution >= 0.6 is 34.8 Å². The minimum absolute atomic E-state index is 0.0136. The van der Waals surface area contributed by atoms with E-state index < -0.39 is 0 Å². The third-order valence-corrected chi connectivity index (χ3v) is 2.93. The van der Waals surface area contributed by atoms with Crippen LogP contribution in [0.3, 0.4) is 0 Å². The minimum atomic E-state index is -0.0136. The van der Waals surface area contributed by atoms with Crippen LogP contribution in [0.4, 0.5) is 0 Å². The SMILES string of the molecule is COC1=CC(NC(=S)N/N=C/C(C)(C)I)CC(OC)=C1. The molecular weight excluding hydrogens is 389 g/mol. The highest BCUT2D eigenvalue weighted by molar-refractivity contribution is 14.1. The zero-order chi connectivity index (χ0) is 15.2. The molecule has 0 saturated heterocycles. The van der Waals surface area contributed by atoms with Crippen molar-refractivity contribution in [3.05, 3.63) is 23.7 Å². The summed E-state index contributed by atoms with van der Waals surface area (Å²) in [4.78, 5) is 0. The van der Waals surface area contributed by atoms with Gasteiger partial charge in [0.25, 0.3) is 0 Å². The number of ether oxygens (including phenoxy) is 2. The third kappa shape index (κ3) is 6.56. The summed E-state index contributed by atoms with van der Waals surface area (Å²) in [6.45, 7) is 4.11. The zero-order valence-corrected chi connectivity index (χ0v) is 15.0. The highest BCUT2D eigenvalue weighted by atomic mass is 127. The molecule has 0 fully saturated rings. The molecule has 1 rings (SSSR count). The van der Waals surface area contributed by atoms with Gasteiger partial charge in [0.05, 0.1) is 23.7 Å². The number of methoxy groups -OCH3 is 2. The number of hydrazone groups is 1. The fourth-order valence-electron chi connectivity index (χ4n) is 1.55. The topological polar surface area (TPSA) is 54.9 Å². The van der Waals surface area contributed by atoms with Crippen molar-refractivity contribution in [2.45, 2.75) is 29.7 Å². The third-order valence-electron chi connectivity index (χ3n) is 2.44. The summed E-state index contributed by atoms with van der Waals surface area (Å²) in [6.07, 6.45) is 6.35. The Morgan fingerprint density at radius 3 is 2.75 bits per heavy atom. The summed E-state index contributed by atoms with van der Waals surface area (Å²) in [6, 6.07) is 0.0210. The predicted molar refractivity (Wildman–Crippen MR) is 94.0 cm³/mol. The molecule has 0 heterocycles. The van der Waals surface area contributed by atoms with Crippen molar-refractivity contribution in [3.63, 3.8) is 0 Å². The van der Waals surface area contributed by atoms with E-state index in [9.17, 15) is 0 Å².